The Morgan fingerprint density at radius 1 is 1.12 bits per heavy atom. The van der Waals surface area contributed by atoms with Crippen molar-refractivity contribution in [1.29, 1.82) is 0 Å². The molecule has 86 valence electrons. The molecule has 1 N–H and O–H groups in total. The van der Waals surface area contributed by atoms with Crippen molar-refractivity contribution in [3.8, 4) is 0 Å². The van der Waals surface area contributed by atoms with Gasteiger partial charge in [0.15, 0.2) is 0 Å². The van der Waals surface area contributed by atoms with E-state index in [-0.39, 0.29) is 0 Å². The van der Waals surface area contributed by atoms with E-state index in [1.807, 2.05) is 0 Å². The lowest BCUT2D eigenvalue weighted by molar-refractivity contribution is 0.00838. The minimum atomic E-state index is 0.578. The molecule has 1 atom stereocenters. The predicted molar refractivity (Wildman–Crippen MR) is 64.6 cm³/mol. The van der Waals surface area contributed by atoms with E-state index in [1.165, 1.54) is 36.9 Å². The van der Waals surface area contributed by atoms with E-state index >= 15 is 0 Å². The summed E-state index contributed by atoms with van der Waals surface area (Å²) in [5.41, 5.74) is 2.92. The molecule has 1 aromatic rings. The van der Waals surface area contributed by atoms with Crippen LogP contribution in [0.2, 0.25) is 0 Å². The van der Waals surface area contributed by atoms with Crippen LogP contribution in [0.25, 0.3) is 0 Å². The molecule has 1 unspecified atom stereocenters. The van der Waals surface area contributed by atoms with Crippen LogP contribution in [0.4, 0.5) is 0 Å². The summed E-state index contributed by atoms with van der Waals surface area (Å²) in [5.74, 6) is 0.642. The van der Waals surface area contributed by atoms with Crippen LogP contribution in [0.5, 0.6) is 0 Å². The average molecular weight is 217 g/mol. The standard InChI is InChI=1S/C14H19NO/c1-2-7-15-14(6-1)12-5-3-4-11(8-12)13-9-16-10-13/h3-5,8,13-15H,1-2,6-7,9-10H2. The summed E-state index contributed by atoms with van der Waals surface area (Å²) in [7, 11) is 0. The Labute approximate surface area is 97.0 Å². The fourth-order valence-electron chi connectivity index (χ4n) is 2.59. The molecular formula is C14H19NO. The molecular weight excluding hydrogens is 198 g/mol. The molecule has 0 saturated carbocycles. The molecule has 3 rings (SSSR count). The normalized spacial score (nSPS) is 26.4. The van der Waals surface area contributed by atoms with Crippen LogP contribution in [0.1, 0.15) is 42.3 Å². The molecule has 0 aliphatic carbocycles. The van der Waals surface area contributed by atoms with E-state index in [0.717, 1.165) is 13.2 Å². The maximum atomic E-state index is 5.26. The fraction of sp³-hybridized carbons (Fsp3) is 0.571. The van der Waals surface area contributed by atoms with Gasteiger partial charge in [-0.25, -0.2) is 0 Å². The highest BCUT2D eigenvalue weighted by Crippen LogP contribution is 2.28. The quantitative estimate of drug-likeness (QED) is 0.822. The molecule has 2 heterocycles. The molecule has 0 spiro atoms. The Kier molecular flexibility index (Phi) is 2.94. The second-order valence-electron chi connectivity index (χ2n) is 4.91. The summed E-state index contributed by atoms with van der Waals surface area (Å²) in [6, 6.07) is 9.63. The predicted octanol–water partition coefficient (Wildman–Crippen LogP) is 2.62. The maximum Gasteiger partial charge on any atom is 0.0557 e. The Morgan fingerprint density at radius 2 is 2.00 bits per heavy atom. The minimum Gasteiger partial charge on any atom is -0.380 e. The highest BCUT2D eigenvalue weighted by molar-refractivity contribution is 5.29. The van der Waals surface area contributed by atoms with E-state index in [0.29, 0.717) is 12.0 Å². The minimum absolute atomic E-state index is 0.578. The van der Waals surface area contributed by atoms with E-state index in [9.17, 15) is 0 Å². The first-order valence-electron chi connectivity index (χ1n) is 6.34. The Morgan fingerprint density at radius 3 is 2.69 bits per heavy atom. The highest BCUT2D eigenvalue weighted by Gasteiger charge is 2.22. The lowest BCUT2D eigenvalue weighted by Crippen LogP contribution is -2.28. The Balaban J connectivity index is 1.77. The van der Waals surface area contributed by atoms with Gasteiger partial charge in [0.1, 0.15) is 0 Å². The largest absolute Gasteiger partial charge is 0.380 e. The van der Waals surface area contributed by atoms with Gasteiger partial charge in [-0.2, -0.15) is 0 Å². The number of ether oxygens (including phenoxy) is 1. The molecule has 2 aliphatic heterocycles. The van der Waals surface area contributed by atoms with E-state index in [4.69, 9.17) is 4.74 Å². The monoisotopic (exact) mass is 217 g/mol. The molecule has 1 aromatic carbocycles. The van der Waals surface area contributed by atoms with Gasteiger partial charge in [0.25, 0.3) is 0 Å². The molecule has 2 nitrogen and oxygen atoms in total. The van der Waals surface area contributed by atoms with Crippen molar-refractivity contribution < 1.29 is 4.74 Å². The number of benzene rings is 1. The summed E-state index contributed by atoms with van der Waals surface area (Å²) in [6.45, 7) is 2.98. The SMILES string of the molecule is c1cc(C2COC2)cc(C2CCCCN2)c1. The third-order valence-electron chi connectivity index (χ3n) is 3.73. The van der Waals surface area contributed by atoms with Crippen molar-refractivity contribution in [2.75, 3.05) is 19.8 Å². The van der Waals surface area contributed by atoms with Gasteiger partial charge in [0.2, 0.25) is 0 Å². The lowest BCUT2D eigenvalue weighted by Gasteiger charge is -2.28. The van der Waals surface area contributed by atoms with E-state index in [1.54, 1.807) is 0 Å². The Hall–Kier alpha value is -0.860. The molecule has 0 radical (unpaired) electrons. The van der Waals surface area contributed by atoms with Gasteiger partial charge in [-0.15, -0.1) is 0 Å². The summed E-state index contributed by atoms with van der Waals surface area (Å²) in [5, 5.41) is 3.61. The zero-order valence-corrected chi connectivity index (χ0v) is 9.61. The van der Waals surface area contributed by atoms with E-state index < -0.39 is 0 Å². The van der Waals surface area contributed by atoms with Crippen molar-refractivity contribution in [3.63, 3.8) is 0 Å². The van der Waals surface area contributed by atoms with E-state index in [2.05, 4.69) is 29.6 Å². The van der Waals surface area contributed by atoms with Crippen LogP contribution in [-0.4, -0.2) is 19.8 Å². The zero-order valence-electron chi connectivity index (χ0n) is 9.61. The van der Waals surface area contributed by atoms with Crippen molar-refractivity contribution in [2.24, 2.45) is 0 Å². The van der Waals surface area contributed by atoms with Crippen molar-refractivity contribution in [2.45, 2.75) is 31.2 Å². The number of nitrogens with one attached hydrogen (secondary N) is 1. The average Bonchev–Trinajstić information content (AvgIpc) is 2.28. The van der Waals surface area contributed by atoms with Crippen LogP contribution in [-0.2, 0) is 4.74 Å². The van der Waals surface area contributed by atoms with Gasteiger partial charge in [-0.05, 0) is 30.5 Å². The van der Waals surface area contributed by atoms with Crippen LogP contribution in [0.3, 0.4) is 0 Å². The van der Waals surface area contributed by atoms with Crippen LogP contribution in [0.15, 0.2) is 24.3 Å². The third kappa shape index (κ3) is 2.00. The zero-order chi connectivity index (χ0) is 10.8. The summed E-state index contributed by atoms with van der Waals surface area (Å²) in [4.78, 5) is 0. The van der Waals surface area contributed by atoms with Gasteiger partial charge in [0.05, 0.1) is 13.2 Å². The molecule has 2 fully saturated rings. The van der Waals surface area contributed by atoms with Crippen molar-refractivity contribution in [1.82, 2.24) is 5.32 Å². The molecule has 2 heteroatoms. The van der Waals surface area contributed by atoms with Crippen LogP contribution in [0, 0.1) is 0 Å². The molecule has 0 aromatic heterocycles. The van der Waals surface area contributed by atoms with Crippen molar-refractivity contribution >= 4 is 0 Å². The number of piperidine rings is 1. The molecule has 0 amide bonds. The smallest absolute Gasteiger partial charge is 0.0557 e. The summed E-state index contributed by atoms with van der Waals surface area (Å²) in [6.07, 6.45) is 3.96. The Bertz CT molecular complexity index is 354. The fourth-order valence-corrected chi connectivity index (χ4v) is 2.59. The highest BCUT2D eigenvalue weighted by atomic mass is 16.5. The first kappa shape index (κ1) is 10.3. The van der Waals surface area contributed by atoms with Gasteiger partial charge >= 0.3 is 0 Å². The first-order chi connectivity index (χ1) is 7.93. The second kappa shape index (κ2) is 4.56. The molecule has 2 saturated heterocycles. The maximum absolute atomic E-state index is 5.26. The first-order valence-corrected chi connectivity index (χ1v) is 6.34. The topological polar surface area (TPSA) is 21.3 Å². The number of rotatable bonds is 2. The van der Waals surface area contributed by atoms with Gasteiger partial charge < -0.3 is 10.1 Å². The van der Waals surface area contributed by atoms with Gasteiger partial charge in [-0.1, -0.05) is 30.7 Å². The second-order valence-corrected chi connectivity index (χ2v) is 4.91. The lowest BCUT2D eigenvalue weighted by atomic mass is 9.91. The van der Waals surface area contributed by atoms with Gasteiger partial charge in [0, 0.05) is 12.0 Å². The summed E-state index contributed by atoms with van der Waals surface area (Å²) >= 11 is 0. The third-order valence-corrected chi connectivity index (χ3v) is 3.73. The van der Waals surface area contributed by atoms with Crippen molar-refractivity contribution in [3.05, 3.63) is 35.4 Å². The number of hydrogen-bond acceptors (Lipinski definition) is 2. The summed E-state index contributed by atoms with van der Waals surface area (Å²) < 4.78 is 5.26. The molecule has 16 heavy (non-hydrogen) atoms. The van der Waals surface area contributed by atoms with Gasteiger partial charge in [-0.3, -0.25) is 0 Å². The molecule has 0 bridgehead atoms. The number of hydrogen-bond donors (Lipinski definition) is 1. The van der Waals surface area contributed by atoms with Crippen LogP contribution >= 0.6 is 0 Å². The molecule has 2 aliphatic rings. The van der Waals surface area contributed by atoms with Crippen LogP contribution < -0.4 is 5.32 Å².